The zero-order valence-electron chi connectivity index (χ0n) is 24.2. The Kier molecular flexibility index (Phi) is 8.58. The number of hydrogen-bond acceptors (Lipinski definition) is 7. The standard InChI is InChI=1S/C31H32N6O5S/c1-19-17-22(20(2)36(19)25-13-12-21(41-3)18-26(25)37(39)40)30-29(24-10-7-8-15-32-24)34-31(43)35(30)16-14-28(38)33-23-9-5-6-11-27(23)42-4/h5-13,15,17-18,29-30H,14,16H2,1-4H3,(H,33,38)(H,34,43)/t29-,30+/m1/s1. The summed E-state index contributed by atoms with van der Waals surface area (Å²) in [5.41, 5.74) is 4.27. The third kappa shape index (κ3) is 5.86. The van der Waals surface area contributed by atoms with E-state index < -0.39 is 4.92 Å². The molecule has 2 aromatic carbocycles. The summed E-state index contributed by atoms with van der Waals surface area (Å²) in [6, 6.07) is 19.1. The summed E-state index contributed by atoms with van der Waals surface area (Å²) >= 11 is 5.80. The van der Waals surface area contributed by atoms with Crippen LogP contribution in [0.5, 0.6) is 11.5 Å². The van der Waals surface area contributed by atoms with E-state index in [0.717, 1.165) is 22.6 Å². The van der Waals surface area contributed by atoms with Crippen molar-refractivity contribution in [3.8, 4) is 17.2 Å². The number of carbonyl (C=O) groups excluding carboxylic acids is 1. The number of carbonyl (C=O) groups is 1. The number of nitro groups is 1. The molecule has 0 unspecified atom stereocenters. The lowest BCUT2D eigenvalue weighted by Gasteiger charge is -2.28. The van der Waals surface area contributed by atoms with Crippen molar-refractivity contribution < 1.29 is 19.2 Å². The van der Waals surface area contributed by atoms with Gasteiger partial charge in [0.1, 0.15) is 17.2 Å². The molecule has 0 bridgehead atoms. The number of thiocarbonyl (C=S) groups is 1. The Morgan fingerprint density at radius 3 is 2.56 bits per heavy atom. The second-order valence-electron chi connectivity index (χ2n) is 10.1. The number of aryl methyl sites for hydroxylation is 1. The zero-order valence-corrected chi connectivity index (χ0v) is 25.1. The molecule has 2 atom stereocenters. The SMILES string of the molecule is COc1ccc(-n2c(C)cc([C@H]3[C@@H](c4ccccn4)NC(=S)N3CCC(=O)Nc3ccccc3OC)c2C)c([N+](=O)[O-])c1. The molecule has 0 saturated carbocycles. The highest BCUT2D eigenvalue weighted by Gasteiger charge is 2.41. The van der Waals surface area contributed by atoms with E-state index in [1.807, 2.05) is 59.7 Å². The molecule has 2 N–H and O–H groups in total. The number of para-hydroxylation sites is 2. The van der Waals surface area contributed by atoms with Gasteiger partial charge in [-0.1, -0.05) is 18.2 Å². The number of nitrogens with zero attached hydrogens (tertiary/aromatic N) is 4. The van der Waals surface area contributed by atoms with Crippen LogP contribution < -0.4 is 20.1 Å². The van der Waals surface area contributed by atoms with Gasteiger partial charge in [0.05, 0.1) is 48.7 Å². The van der Waals surface area contributed by atoms with Crippen molar-refractivity contribution >= 4 is 34.6 Å². The fourth-order valence-electron chi connectivity index (χ4n) is 5.59. The molecule has 0 radical (unpaired) electrons. The zero-order chi connectivity index (χ0) is 30.7. The van der Waals surface area contributed by atoms with Gasteiger partial charge in [-0.15, -0.1) is 0 Å². The van der Waals surface area contributed by atoms with Gasteiger partial charge in [-0.25, -0.2) is 0 Å². The van der Waals surface area contributed by atoms with E-state index in [9.17, 15) is 14.9 Å². The molecule has 0 aliphatic carbocycles. The summed E-state index contributed by atoms with van der Waals surface area (Å²) < 4.78 is 12.5. The maximum absolute atomic E-state index is 13.1. The van der Waals surface area contributed by atoms with Crippen molar-refractivity contribution in [2.45, 2.75) is 32.4 Å². The van der Waals surface area contributed by atoms with Crippen molar-refractivity contribution in [2.24, 2.45) is 0 Å². The van der Waals surface area contributed by atoms with Crippen LogP contribution in [0.15, 0.2) is 72.9 Å². The number of aromatic nitrogens is 2. The Labute approximate surface area is 254 Å². The van der Waals surface area contributed by atoms with Crippen molar-refractivity contribution in [1.29, 1.82) is 0 Å². The van der Waals surface area contributed by atoms with Gasteiger partial charge >= 0.3 is 0 Å². The number of pyridine rings is 1. The van der Waals surface area contributed by atoms with E-state index in [1.165, 1.54) is 13.2 Å². The normalized spacial score (nSPS) is 16.1. The summed E-state index contributed by atoms with van der Waals surface area (Å²) in [4.78, 5) is 31.3. The van der Waals surface area contributed by atoms with E-state index in [1.54, 1.807) is 37.6 Å². The van der Waals surface area contributed by atoms with Gasteiger partial charge in [-0.3, -0.25) is 19.9 Å². The summed E-state index contributed by atoms with van der Waals surface area (Å²) in [7, 11) is 3.03. The molecule has 0 spiro atoms. The van der Waals surface area contributed by atoms with Crippen molar-refractivity contribution in [3.63, 3.8) is 0 Å². The first kappa shape index (κ1) is 29.5. The Hall–Kier alpha value is -4.97. The van der Waals surface area contributed by atoms with Crippen LogP contribution in [0.25, 0.3) is 5.69 Å². The van der Waals surface area contributed by atoms with Crippen molar-refractivity contribution in [1.82, 2.24) is 19.8 Å². The van der Waals surface area contributed by atoms with E-state index in [0.29, 0.717) is 34.5 Å². The first-order valence-corrected chi connectivity index (χ1v) is 14.1. The maximum atomic E-state index is 13.1. The lowest BCUT2D eigenvalue weighted by molar-refractivity contribution is -0.384. The Bertz CT molecular complexity index is 1670. The molecule has 1 aliphatic rings. The number of anilines is 1. The number of ether oxygens (including phenoxy) is 2. The topological polar surface area (TPSA) is 124 Å². The molecule has 1 amide bonds. The molecule has 2 aromatic heterocycles. The highest BCUT2D eigenvalue weighted by atomic mass is 32.1. The summed E-state index contributed by atoms with van der Waals surface area (Å²) in [6.45, 7) is 4.17. The number of amides is 1. The van der Waals surface area contributed by atoms with Crippen LogP contribution in [0.4, 0.5) is 11.4 Å². The maximum Gasteiger partial charge on any atom is 0.296 e. The fourth-order valence-corrected chi connectivity index (χ4v) is 5.92. The molecular weight excluding hydrogens is 568 g/mol. The van der Waals surface area contributed by atoms with Gasteiger partial charge in [-0.2, -0.15) is 0 Å². The largest absolute Gasteiger partial charge is 0.496 e. The number of nitrogens with one attached hydrogen (secondary N) is 2. The smallest absolute Gasteiger partial charge is 0.296 e. The van der Waals surface area contributed by atoms with Gasteiger partial charge in [-0.05, 0) is 74.1 Å². The van der Waals surface area contributed by atoms with Crippen LogP contribution in [0.2, 0.25) is 0 Å². The van der Waals surface area contributed by atoms with Crippen LogP contribution in [0, 0.1) is 24.0 Å². The summed E-state index contributed by atoms with van der Waals surface area (Å²) in [5, 5.41) is 18.9. The minimum Gasteiger partial charge on any atom is -0.496 e. The van der Waals surface area contributed by atoms with Crippen molar-refractivity contribution in [2.75, 3.05) is 26.1 Å². The number of nitro benzene ring substituents is 1. The molecule has 222 valence electrons. The average molecular weight is 601 g/mol. The monoisotopic (exact) mass is 600 g/mol. The van der Waals surface area contributed by atoms with E-state index in [2.05, 4.69) is 15.6 Å². The van der Waals surface area contributed by atoms with Crippen molar-refractivity contribution in [3.05, 3.63) is 106 Å². The molecule has 1 aliphatic heterocycles. The molecule has 4 aromatic rings. The molecule has 11 nitrogen and oxygen atoms in total. The molecule has 12 heteroatoms. The summed E-state index contributed by atoms with van der Waals surface area (Å²) in [5.74, 6) is 0.783. The van der Waals surface area contributed by atoms with Gasteiger partial charge in [0, 0.05) is 30.6 Å². The number of benzene rings is 2. The Balaban J connectivity index is 1.51. The number of rotatable bonds is 10. The van der Waals surface area contributed by atoms with Gasteiger partial charge < -0.3 is 29.6 Å². The number of hydrogen-bond donors (Lipinski definition) is 2. The predicted molar refractivity (Wildman–Crippen MR) is 167 cm³/mol. The molecular formula is C31H32N6O5S. The molecule has 1 fully saturated rings. The number of methoxy groups -OCH3 is 2. The van der Waals surface area contributed by atoms with Crippen LogP contribution in [0.1, 0.15) is 41.1 Å². The van der Waals surface area contributed by atoms with Crippen LogP contribution in [0.3, 0.4) is 0 Å². The first-order chi connectivity index (χ1) is 20.7. The minimum absolute atomic E-state index is 0.0705. The van der Waals surface area contributed by atoms with Gasteiger partial charge in [0.15, 0.2) is 5.11 Å². The Morgan fingerprint density at radius 2 is 1.86 bits per heavy atom. The molecule has 3 heterocycles. The second-order valence-corrected chi connectivity index (χ2v) is 10.5. The van der Waals surface area contributed by atoms with Crippen LogP contribution in [-0.2, 0) is 4.79 Å². The third-order valence-electron chi connectivity index (χ3n) is 7.57. The highest BCUT2D eigenvalue weighted by molar-refractivity contribution is 7.80. The third-order valence-corrected chi connectivity index (χ3v) is 7.92. The predicted octanol–water partition coefficient (Wildman–Crippen LogP) is 5.42. The van der Waals surface area contributed by atoms with E-state index >= 15 is 0 Å². The van der Waals surface area contributed by atoms with Gasteiger partial charge in [0.25, 0.3) is 5.69 Å². The van der Waals surface area contributed by atoms with Crippen LogP contribution >= 0.6 is 12.2 Å². The minimum atomic E-state index is -0.411. The molecule has 43 heavy (non-hydrogen) atoms. The Morgan fingerprint density at radius 1 is 1.09 bits per heavy atom. The molecule has 1 saturated heterocycles. The lowest BCUT2D eigenvalue weighted by atomic mass is 9.96. The highest BCUT2D eigenvalue weighted by Crippen LogP contribution is 2.42. The summed E-state index contributed by atoms with van der Waals surface area (Å²) in [6.07, 6.45) is 1.89. The lowest BCUT2D eigenvalue weighted by Crippen LogP contribution is -2.33. The van der Waals surface area contributed by atoms with Gasteiger partial charge in [0.2, 0.25) is 5.91 Å². The fraction of sp³-hybridized carbons (Fsp3) is 0.258. The van der Waals surface area contributed by atoms with E-state index in [4.69, 9.17) is 21.7 Å². The molecule has 5 rings (SSSR count). The quantitative estimate of drug-likeness (QED) is 0.140. The van der Waals surface area contributed by atoms with Crippen LogP contribution in [-0.4, -0.2) is 51.2 Å². The second kappa shape index (κ2) is 12.5. The first-order valence-electron chi connectivity index (χ1n) is 13.7. The average Bonchev–Trinajstić information content (AvgIpc) is 3.50. The van der Waals surface area contributed by atoms with E-state index in [-0.39, 0.29) is 30.1 Å².